The Bertz CT molecular complexity index is 419. The van der Waals surface area contributed by atoms with E-state index in [0.717, 1.165) is 11.1 Å². The van der Waals surface area contributed by atoms with Crippen LogP contribution in [0.3, 0.4) is 0 Å². The molecule has 76 valence electrons. The first kappa shape index (κ1) is 11.1. The molecule has 0 saturated heterocycles. The van der Waals surface area contributed by atoms with Crippen LogP contribution in [0.2, 0.25) is 0 Å². The zero-order valence-corrected chi connectivity index (χ0v) is 8.53. The minimum atomic E-state index is -0.964. The lowest BCUT2D eigenvalue weighted by molar-refractivity contribution is -0.132. The van der Waals surface area contributed by atoms with Crippen LogP contribution in [0.25, 0.3) is 0 Å². The zero-order chi connectivity index (χ0) is 11.3. The standard InChI is InChI=1S/C13H12O2/c1-3-4-12(13(14)15)9-11-7-5-10(2)6-8-11/h1,4-8H,9H2,2H3,(H,14,15)/b12-4-. The molecule has 0 aliphatic heterocycles. The third-order valence-electron chi connectivity index (χ3n) is 2.05. The summed E-state index contributed by atoms with van der Waals surface area (Å²) in [6, 6.07) is 7.71. The summed E-state index contributed by atoms with van der Waals surface area (Å²) in [5, 5.41) is 8.86. The Kier molecular flexibility index (Phi) is 3.70. The average molecular weight is 200 g/mol. The molecule has 0 atom stereocenters. The van der Waals surface area contributed by atoms with Gasteiger partial charge >= 0.3 is 5.97 Å². The van der Waals surface area contributed by atoms with Crippen LogP contribution < -0.4 is 0 Å². The average Bonchev–Trinajstić information content (AvgIpc) is 2.20. The lowest BCUT2D eigenvalue weighted by Gasteiger charge is -2.02. The van der Waals surface area contributed by atoms with Crippen LogP contribution >= 0.6 is 0 Å². The van der Waals surface area contributed by atoms with Gasteiger partial charge in [0, 0.05) is 12.0 Å². The molecule has 2 nitrogen and oxygen atoms in total. The fourth-order valence-electron chi connectivity index (χ4n) is 1.21. The van der Waals surface area contributed by atoms with Gasteiger partial charge < -0.3 is 5.11 Å². The van der Waals surface area contributed by atoms with E-state index >= 15 is 0 Å². The van der Waals surface area contributed by atoms with Gasteiger partial charge in [0.05, 0.1) is 0 Å². The number of rotatable bonds is 3. The van der Waals surface area contributed by atoms with Crippen LogP contribution in [0.5, 0.6) is 0 Å². The number of hydrogen-bond donors (Lipinski definition) is 1. The summed E-state index contributed by atoms with van der Waals surface area (Å²) in [6.07, 6.45) is 6.71. The number of carboxylic acid groups (broad SMARTS) is 1. The highest BCUT2D eigenvalue weighted by atomic mass is 16.4. The zero-order valence-electron chi connectivity index (χ0n) is 8.53. The quantitative estimate of drug-likeness (QED) is 0.599. The Morgan fingerprint density at radius 2 is 2.07 bits per heavy atom. The van der Waals surface area contributed by atoms with Crippen LogP contribution in [0, 0.1) is 19.3 Å². The Morgan fingerprint density at radius 3 is 2.53 bits per heavy atom. The fraction of sp³-hybridized carbons (Fsp3) is 0.154. The van der Waals surface area contributed by atoms with Crippen molar-refractivity contribution in [1.82, 2.24) is 0 Å². The van der Waals surface area contributed by atoms with E-state index in [9.17, 15) is 4.79 Å². The predicted molar refractivity (Wildman–Crippen MR) is 59.4 cm³/mol. The maximum absolute atomic E-state index is 10.8. The number of terminal acetylenes is 1. The van der Waals surface area contributed by atoms with Crippen molar-refractivity contribution in [1.29, 1.82) is 0 Å². The molecule has 0 spiro atoms. The maximum atomic E-state index is 10.8. The second-order valence-electron chi connectivity index (χ2n) is 3.30. The van der Waals surface area contributed by atoms with Gasteiger partial charge in [0.15, 0.2) is 0 Å². The molecule has 0 saturated carbocycles. The molecule has 0 heterocycles. The molecule has 15 heavy (non-hydrogen) atoms. The smallest absolute Gasteiger partial charge is 0.332 e. The topological polar surface area (TPSA) is 37.3 Å². The van der Waals surface area contributed by atoms with Crippen molar-refractivity contribution in [2.24, 2.45) is 0 Å². The summed E-state index contributed by atoms with van der Waals surface area (Å²) in [7, 11) is 0. The summed E-state index contributed by atoms with van der Waals surface area (Å²) >= 11 is 0. The second-order valence-corrected chi connectivity index (χ2v) is 3.30. The Morgan fingerprint density at radius 1 is 1.47 bits per heavy atom. The fourth-order valence-corrected chi connectivity index (χ4v) is 1.21. The molecule has 0 amide bonds. The molecule has 0 fully saturated rings. The summed E-state index contributed by atoms with van der Waals surface area (Å²) in [5.41, 5.74) is 2.34. The van der Waals surface area contributed by atoms with Gasteiger partial charge in [-0.05, 0) is 18.6 Å². The lowest BCUT2D eigenvalue weighted by atomic mass is 10.0. The third-order valence-corrected chi connectivity index (χ3v) is 2.05. The van der Waals surface area contributed by atoms with Crippen LogP contribution in [0.4, 0.5) is 0 Å². The summed E-state index contributed by atoms with van der Waals surface area (Å²) in [6.45, 7) is 1.99. The number of allylic oxidation sites excluding steroid dienone is 1. The SMILES string of the molecule is C#C/C=C(/Cc1ccc(C)cc1)C(=O)O. The molecular weight excluding hydrogens is 188 g/mol. The highest BCUT2D eigenvalue weighted by Gasteiger charge is 2.07. The van der Waals surface area contributed by atoms with Crippen molar-refractivity contribution in [3.8, 4) is 12.3 Å². The van der Waals surface area contributed by atoms with Gasteiger partial charge in [-0.25, -0.2) is 4.79 Å². The molecule has 2 heteroatoms. The number of carbonyl (C=O) groups is 1. The van der Waals surface area contributed by atoms with Gasteiger partial charge in [-0.1, -0.05) is 35.7 Å². The predicted octanol–water partition coefficient (Wildman–Crippen LogP) is 2.18. The number of aliphatic carboxylic acids is 1. The van der Waals surface area contributed by atoms with Crippen molar-refractivity contribution in [2.45, 2.75) is 13.3 Å². The van der Waals surface area contributed by atoms with Crippen molar-refractivity contribution in [2.75, 3.05) is 0 Å². The molecule has 1 N–H and O–H groups in total. The van der Waals surface area contributed by atoms with Gasteiger partial charge in [-0.15, -0.1) is 6.42 Å². The highest BCUT2D eigenvalue weighted by molar-refractivity contribution is 5.87. The number of aryl methyl sites for hydroxylation is 1. The maximum Gasteiger partial charge on any atom is 0.332 e. The number of carboxylic acids is 1. The van der Waals surface area contributed by atoms with Crippen molar-refractivity contribution in [3.63, 3.8) is 0 Å². The molecule has 1 aromatic carbocycles. The third kappa shape index (κ3) is 3.32. The largest absolute Gasteiger partial charge is 0.478 e. The molecule has 1 aromatic rings. The number of benzene rings is 1. The summed E-state index contributed by atoms with van der Waals surface area (Å²) in [4.78, 5) is 10.8. The molecule has 1 rings (SSSR count). The molecule has 0 unspecified atom stereocenters. The van der Waals surface area contributed by atoms with E-state index in [0.29, 0.717) is 6.42 Å². The van der Waals surface area contributed by atoms with Crippen molar-refractivity contribution < 1.29 is 9.90 Å². The van der Waals surface area contributed by atoms with Crippen LogP contribution in [-0.4, -0.2) is 11.1 Å². The van der Waals surface area contributed by atoms with Crippen LogP contribution in [-0.2, 0) is 11.2 Å². The molecule has 0 bridgehead atoms. The van der Waals surface area contributed by atoms with Gasteiger partial charge in [-0.2, -0.15) is 0 Å². The highest BCUT2D eigenvalue weighted by Crippen LogP contribution is 2.09. The van der Waals surface area contributed by atoms with E-state index in [-0.39, 0.29) is 5.57 Å². The van der Waals surface area contributed by atoms with Gasteiger partial charge in [-0.3, -0.25) is 0 Å². The first-order valence-electron chi connectivity index (χ1n) is 4.57. The van der Waals surface area contributed by atoms with Crippen LogP contribution in [0.15, 0.2) is 35.9 Å². The Labute approximate surface area is 89.3 Å². The van der Waals surface area contributed by atoms with Gasteiger partial charge in [0.2, 0.25) is 0 Å². The second kappa shape index (κ2) is 5.02. The van der Waals surface area contributed by atoms with E-state index < -0.39 is 5.97 Å². The first-order valence-corrected chi connectivity index (χ1v) is 4.57. The Balaban J connectivity index is 2.85. The van der Waals surface area contributed by atoms with Crippen LogP contribution in [0.1, 0.15) is 11.1 Å². The van der Waals surface area contributed by atoms with E-state index in [2.05, 4.69) is 5.92 Å². The first-order chi connectivity index (χ1) is 7.13. The monoisotopic (exact) mass is 200 g/mol. The minimum Gasteiger partial charge on any atom is -0.478 e. The lowest BCUT2D eigenvalue weighted by Crippen LogP contribution is -2.03. The van der Waals surface area contributed by atoms with Crippen molar-refractivity contribution >= 4 is 5.97 Å². The molecule has 0 radical (unpaired) electrons. The van der Waals surface area contributed by atoms with E-state index in [1.54, 1.807) is 0 Å². The molecule has 0 aliphatic rings. The summed E-state index contributed by atoms with van der Waals surface area (Å²) < 4.78 is 0. The van der Waals surface area contributed by atoms with Gasteiger partial charge in [0.1, 0.15) is 0 Å². The van der Waals surface area contributed by atoms with Crippen molar-refractivity contribution in [3.05, 3.63) is 47.0 Å². The van der Waals surface area contributed by atoms with E-state index in [1.165, 1.54) is 6.08 Å². The normalized spacial score (nSPS) is 10.8. The summed E-state index contributed by atoms with van der Waals surface area (Å²) in [5.74, 6) is 1.27. The molecule has 0 aromatic heterocycles. The molecule has 0 aliphatic carbocycles. The molecular formula is C13H12O2. The number of hydrogen-bond acceptors (Lipinski definition) is 1. The Hall–Kier alpha value is -2.01. The minimum absolute atomic E-state index is 0.237. The van der Waals surface area contributed by atoms with E-state index in [1.807, 2.05) is 31.2 Å². The van der Waals surface area contributed by atoms with E-state index in [4.69, 9.17) is 11.5 Å². The van der Waals surface area contributed by atoms with Gasteiger partial charge in [0.25, 0.3) is 0 Å².